The van der Waals surface area contributed by atoms with Crippen LogP contribution in [0.1, 0.15) is 19.8 Å². The molecule has 11 heteroatoms. The summed E-state index contributed by atoms with van der Waals surface area (Å²) in [5, 5.41) is 4.95. The minimum atomic E-state index is -0.198. The fraction of sp³-hybridized carbons (Fsp3) is 0.429. The molecule has 0 radical (unpaired) electrons. The van der Waals surface area contributed by atoms with E-state index in [1.807, 2.05) is 0 Å². The molecule has 0 spiro atoms. The molecule has 4 rings (SSSR count). The Bertz CT molecular complexity index is 1130. The van der Waals surface area contributed by atoms with Crippen LogP contribution in [-0.2, 0) is 4.79 Å². The number of nitrogens with one attached hydrogen (secondary N) is 1. The lowest BCUT2D eigenvalue weighted by Crippen LogP contribution is -2.34. The van der Waals surface area contributed by atoms with Crippen molar-refractivity contribution in [2.24, 2.45) is 5.92 Å². The molecule has 0 bridgehead atoms. The van der Waals surface area contributed by atoms with Gasteiger partial charge in [0.15, 0.2) is 10.8 Å². The second-order valence-electron chi connectivity index (χ2n) is 7.55. The fourth-order valence-corrected chi connectivity index (χ4v) is 5.77. The molecular formula is C21H24ClN5O3S2. The molecule has 8 nitrogen and oxygen atoms in total. The number of thiazole rings is 1. The zero-order valence-electron chi connectivity index (χ0n) is 18.1. The zero-order valence-corrected chi connectivity index (χ0v) is 20.4. The van der Waals surface area contributed by atoms with Crippen molar-refractivity contribution in [3.05, 3.63) is 23.5 Å². The lowest BCUT2D eigenvalue weighted by molar-refractivity contribution is -0.113. The van der Waals surface area contributed by atoms with Crippen molar-refractivity contribution < 1.29 is 14.3 Å². The van der Waals surface area contributed by atoms with Crippen LogP contribution in [0.25, 0.3) is 10.3 Å². The van der Waals surface area contributed by atoms with E-state index in [4.69, 9.17) is 26.1 Å². The summed E-state index contributed by atoms with van der Waals surface area (Å²) >= 11 is 9.13. The number of piperidine rings is 1. The minimum Gasteiger partial charge on any atom is -0.495 e. The van der Waals surface area contributed by atoms with Gasteiger partial charge in [0.25, 0.3) is 0 Å². The standard InChI is InChI=1S/C21H24ClN5O3S2/c1-12-5-4-6-27(9-12)21-26-19-18(32-21)20(24-11-23-19)31-10-17(28)25-14-7-13(22)15(29-2)8-16(14)30-3/h7-8,11-12H,4-6,9-10H2,1-3H3,(H,25,28)/t12-/m1/s1. The highest BCUT2D eigenvalue weighted by Gasteiger charge is 2.21. The number of methoxy groups -OCH3 is 2. The summed E-state index contributed by atoms with van der Waals surface area (Å²) < 4.78 is 11.4. The van der Waals surface area contributed by atoms with Crippen molar-refractivity contribution in [3.8, 4) is 11.5 Å². The van der Waals surface area contributed by atoms with Crippen LogP contribution in [0.2, 0.25) is 5.02 Å². The maximum atomic E-state index is 12.6. The van der Waals surface area contributed by atoms with E-state index >= 15 is 0 Å². The van der Waals surface area contributed by atoms with Crippen molar-refractivity contribution in [2.45, 2.75) is 24.8 Å². The number of hydrogen-bond donors (Lipinski definition) is 1. The Hall–Kier alpha value is -2.30. The van der Waals surface area contributed by atoms with Crippen LogP contribution in [0, 0.1) is 5.92 Å². The Balaban J connectivity index is 1.46. The van der Waals surface area contributed by atoms with E-state index < -0.39 is 0 Å². The van der Waals surface area contributed by atoms with Crippen molar-refractivity contribution in [1.82, 2.24) is 15.0 Å². The number of carbonyl (C=O) groups is 1. The third-order valence-corrected chi connectivity index (χ3v) is 7.69. The number of nitrogens with zero attached hydrogens (tertiary/aromatic N) is 4. The first-order valence-electron chi connectivity index (χ1n) is 10.2. The van der Waals surface area contributed by atoms with Crippen LogP contribution in [0.3, 0.4) is 0 Å². The van der Waals surface area contributed by atoms with Crippen LogP contribution in [0.4, 0.5) is 10.8 Å². The van der Waals surface area contributed by atoms with Gasteiger partial charge in [-0.15, -0.1) is 0 Å². The summed E-state index contributed by atoms with van der Waals surface area (Å²) in [6, 6.07) is 3.25. The lowest BCUT2D eigenvalue weighted by atomic mass is 10.0. The average molecular weight is 494 g/mol. The molecule has 1 N–H and O–H groups in total. The van der Waals surface area contributed by atoms with Crippen molar-refractivity contribution in [3.63, 3.8) is 0 Å². The van der Waals surface area contributed by atoms with Crippen LogP contribution in [0.15, 0.2) is 23.5 Å². The molecule has 1 aliphatic heterocycles. The van der Waals surface area contributed by atoms with Gasteiger partial charge in [-0.05, 0) is 24.8 Å². The van der Waals surface area contributed by atoms with E-state index in [0.29, 0.717) is 33.8 Å². The summed E-state index contributed by atoms with van der Waals surface area (Å²) in [5.41, 5.74) is 1.15. The maximum absolute atomic E-state index is 12.6. The molecular weight excluding hydrogens is 470 g/mol. The Morgan fingerprint density at radius 2 is 2.12 bits per heavy atom. The number of amides is 1. The third-order valence-electron chi connectivity index (χ3n) is 5.16. The van der Waals surface area contributed by atoms with Gasteiger partial charge in [0.1, 0.15) is 27.6 Å². The molecule has 0 saturated carbocycles. The lowest BCUT2D eigenvalue weighted by Gasteiger charge is -2.30. The van der Waals surface area contributed by atoms with Gasteiger partial charge in [-0.3, -0.25) is 4.79 Å². The quantitative estimate of drug-likeness (QED) is 0.373. The van der Waals surface area contributed by atoms with Gasteiger partial charge in [0, 0.05) is 19.2 Å². The SMILES string of the molecule is COc1cc(OC)c(NC(=O)CSc2ncnc3nc(N4CCC[C@@H](C)C4)sc23)cc1Cl. The summed E-state index contributed by atoms with van der Waals surface area (Å²) in [7, 11) is 3.05. The molecule has 3 heterocycles. The number of halogens is 1. The Morgan fingerprint density at radius 3 is 2.88 bits per heavy atom. The molecule has 1 saturated heterocycles. The topological polar surface area (TPSA) is 89.5 Å². The molecule has 3 aromatic rings. The summed E-state index contributed by atoms with van der Waals surface area (Å²) in [6.45, 7) is 4.28. The molecule has 0 aliphatic carbocycles. The van der Waals surface area contributed by atoms with Gasteiger partial charge in [0.05, 0.1) is 30.7 Å². The van der Waals surface area contributed by atoms with Crippen LogP contribution >= 0.6 is 34.7 Å². The van der Waals surface area contributed by atoms with E-state index in [2.05, 4.69) is 27.1 Å². The van der Waals surface area contributed by atoms with E-state index in [1.165, 1.54) is 45.2 Å². The van der Waals surface area contributed by atoms with E-state index in [0.717, 1.165) is 27.9 Å². The highest BCUT2D eigenvalue weighted by atomic mass is 35.5. The van der Waals surface area contributed by atoms with Gasteiger partial charge in [-0.25, -0.2) is 9.97 Å². The number of carbonyl (C=O) groups excluding carboxylic acids is 1. The number of thioether (sulfide) groups is 1. The largest absolute Gasteiger partial charge is 0.495 e. The first-order valence-corrected chi connectivity index (χ1v) is 12.4. The van der Waals surface area contributed by atoms with E-state index in [1.54, 1.807) is 23.5 Å². The Morgan fingerprint density at radius 1 is 1.31 bits per heavy atom. The highest BCUT2D eigenvalue weighted by molar-refractivity contribution is 8.00. The van der Waals surface area contributed by atoms with Gasteiger partial charge in [0.2, 0.25) is 5.91 Å². The van der Waals surface area contributed by atoms with E-state index in [-0.39, 0.29) is 11.7 Å². The van der Waals surface area contributed by atoms with Crippen LogP contribution in [0.5, 0.6) is 11.5 Å². The Labute approximate surface area is 199 Å². The van der Waals surface area contributed by atoms with Crippen molar-refractivity contribution >= 4 is 61.8 Å². The average Bonchev–Trinajstić information content (AvgIpc) is 3.23. The summed E-state index contributed by atoms with van der Waals surface area (Å²) in [4.78, 5) is 28.4. The molecule has 1 atom stereocenters. The van der Waals surface area contributed by atoms with Gasteiger partial charge in [-0.1, -0.05) is 41.6 Å². The van der Waals surface area contributed by atoms with Gasteiger partial charge < -0.3 is 19.7 Å². The van der Waals surface area contributed by atoms with Crippen molar-refractivity contribution in [1.29, 1.82) is 0 Å². The molecule has 170 valence electrons. The monoisotopic (exact) mass is 493 g/mol. The maximum Gasteiger partial charge on any atom is 0.234 e. The molecule has 1 fully saturated rings. The van der Waals surface area contributed by atoms with Crippen LogP contribution in [-0.4, -0.2) is 53.9 Å². The predicted molar refractivity (Wildman–Crippen MR) is 130 cm³/mol. The Kier molecular flexibility index (Phi) is 7.22. The molecule has 2 aromatic heterocycles. The zero-order chi connectivity index (χ0) is 22.7. The van der Waals surface area contributed by atoms with Gasteiger partial charge >= 0.3 is 0 Å². The summed E-state index contributed by atoms with van der Waals surface area (Å²) in [6.07, 6.45) is 3.92. The molecule has 1 amide bonds. The second kappa shape index (κ2) is 10.1. The van der Waals surface area contributed by atoms with Gasteiger partial charge in [-0.2, -0.15) is 4.98 Å². The number of aromatic nitrogens is 3. The normalized spacial score (nSPS) is 16.2. The number of rotatable bonds is 7. The molecule has 1 aromatic carbocycles. The summed E-state index contributed by atoms with van der Waals surface area (Å²) in [5.74, 6) is 1.58. The first-order chi connectivity index (χ1) is 15.5. The van der Waals surface area contributed by atoms with Crippen LogP contribution < -0.4 is 19.7 Å². The number of fused-ring (bicyclic) bond motifs is 1. The van der Waals surface area contributed by atoms with Crippen molar-refractivity contribution in [2.75, 3.05) is 43.3 Å². The first kappa shape index (κ1) is 22.9. The van der Waals surface area contributed by atoms with E-state index in [9.17, 15) is 4.79 Å². The smallest absolute Gasteiger partial charge is 0.234 e. The second-order valence-corrected chi connectivity index (χ2v) is 9.89. The molecule has 0 unspecified atom stereocenters. The number of hydrogen-bond acceptors (Lipinski definition) is 9. The minimum absolute atomic E-state index is 0.174. The number of anilines is 2. The fourth-order valence-electron chi connectivity index (χ4n) is 3.60. The molecule has 32 heavy (non-hydrogen) atoms. The third kappa shape index (κ3) is 5.02. The molecule has 1 aliphatic rings. The highest BCUT2D eigenvalue weighted by Crippen LogP contribution is 2.37. The number of benzene rings is 1. The number of ether oxygens (including phenoxy) is 2. The predicted octanol–water partition coefficient (Wildman–Crippen LogP) is 4.72.